The molecular formula is C19H22F2N4O4Si. The van der Waals surface area contributed by atoms with Crippen LogP contribution in [-0.4, -0.2) is 34.4 Å². The van der Waals surface area contributed by atoms with Gasteiger partial charge in [-0.25, -0.2) is 14.1 Å². The van der Waals surface area contributed by atoms with Gasteiger partial charge in [-0.15, -0.1) is 0 Å². The molecule has 8 nitrogen and oxygen atoms in total. The molecule has 0 spiro atoms. The summed E-state index contributed by atoms with van der Waals surface area (Å²) in [6.45, 7) is 7.22. The van der Waals surface area contributed by atoms with Crippen molar-refractivity contribution in [3.05, 3.63) is 57.9 Å². The maximum atomic E-state index is 14.2. The number of aromatic nitrogens is 3. The number of nitrogens with zero attached hydrogens (tertiary/aromatic N) is 4. The monoisotopic (exact) mass is 436 g/mol. The molecule has 0 aliphatic rings. The Labute approximate surface area is 172 Å². The van der Waals surface area contributed by atoms with Crippen LogP contribution in [0.3, 0.4) is 0 Å². The van der Waals surface area contributed by atoms with E-state index in [2.05, 4.69) is 29.7 Å². The zero-order valence-corrected chi connectivity index (χ0v) is 17.9. The molecule has 0 saturated heterocycles. The molecule has 1 aromatic carbocycles. The van der Waals surface area contributed by atoms with Crippen molar-refractivity contribution in [1.29, 1.82) is 0 Å². The average molecular weight is 436 g/mol. The van der Waals surface area contributed by atoms with Crippen molar-refractivity contribution in [3.8, 4) is 5.75 Å². The van der Waals surface area contributed by atoms with Gasteiger partial charge in [0.2, 0.25) is 5.82 Å². The summed E-state index contributed by atoms with van der Waals surface area (Å²) in [5.74, 6) is -1.92. The van der Waals surface area contributed by atoms with Gasteiger partial charge in [0.25, 0.3) is 0 Å². The highest BCUT2D eigenvalue weighted by atomic mass is 28.3. The number of nitro groups is 1. The number of ether oxygens (including phenoxy) is 2. The van der Waals surface area contributed by atoms with Gasteiger partial charge in [-0.2, -0.15) is 9.49 Å². The second kappa shape index (κ2) is 8.84. The highest BCUT2D eigenvalue weighted by molar-refractivity contribution is 6.76. The number of nitro benzene ring substituents is 1. The van der Waals surface area contributed by atoms with E-state index in [1.165, 1.54) is 6.20 Å². The summed E-state index contributed by atoms with van der Waals surface area (Å²) in [4.78, 5) is 14.2. The molecule has 0 fully saturated rings. The van der Waals surface area contributed by atoms with Gasteiger partial charge in [-0.1, -0.05) is 19.6 Å². The van der Waals surface area contributed by atoms with Crippen LogP contribution in [0.5, 0.6) is 5.75 Å². The number of benzene rings is 1. The van der Waals surface area contributed by atoms with E-state index in [1.807, 2.05) is 0 Å². The number of fused-ring (bicyclic) bond motifs is 1. The highest BCUT2D eigenvalue weighted by Crippen LogP contribution is 2.25. The molecule has 0 saturated carbocycles. The van der Waals surface area contributed by atoms with Crippen molar-refractivity contribution in [2.75, 3.05) is 6.61 Å². The Balaban J connectivity index is 1.68. The summed E-state index contributed by atoms with van der Waals surface area (Å²) in [5.41, 5.74) is -0.738. The molecule has 0 radical (unpaired) electrons. The van der Waals surface area contributed by atoms with Gasteiger partial charge in [-0.05, 0) is 18.2 Å². The van der Waals surface area contributed by atoms with E-state index in [0.717, 1.165) is 18.2 Å². The lowest BCUT2D eigenvalue weighted by molar-refractivity contribution is -0.387. The van der Waals surface area contributed by atoms with E-state index in [9.17, 15) is 18.9 Å². The molecule has 160 valence electrons. The third-order valence-electron chi connectivity index (χ3n) is 4.41. The number of pyridine rings is 1. The van der Waals surface area contributed by atoms with Crippen LogP contribution >= 0.6 is 0 Å². The van der Waals surface area contributed by atoms with Crippen LogP contribution < -0.4 is 4.74 Å². The van der Waals surface area contributed by atoms with Crippen molar-refractivity contribution in [2.45, 2.75) is 39.0 Å². The van der Waals surface area contributed by atoms with E-state index in [4.69, 9.17) is 9.47 Å². The Bertz CT molecular complexity index is 1070. The minimum absolute atomic E-state index is 0.256. The molecule has 0 aliphatic heterocycles. The fourth-order valence-electron chi connectivity index (χ4n) is 2.67. The first kappa shape index (κ1) is 21.8. The summed E-state index contributed by atoms with van der Waals surface area (Å²) in [7, 11) is -1.17. The molecular weight excluding hydrogens is 414 g/mol. The van der Waals surface area contributed by atoms with E-state index in [0.29, 0.717) is 17.6 Å². The molecule has 0 amide bonds. The maximum absolute atomic E-state index is 14.2. The van der Waals surface area contributed by atoms with Crippen LogP contribution in [0.25, 0.3) is 11.0 Å². The molecule has 0 bridgehead atoms. The number of halogens is 2. The van der Waals surface area contributed by atoms with Crippen LogP contribution in [0.1, 0.15) is 5.56 Å². The summed E-state index contributed by atoms with van der Waals surface area (Å²) >= 11 is 0. The Morgan fingerprint density at radius 2 is 2.00 bits per heavy atom. The fourth-order valence-corrected chi connectivity index (χ4v) is 3.43. The van der Waals surface area contributed by atoms with Crippen molar-refractivity contribution < 1.29 is 23.2 Å². The standard InChI is InChI=1S/C19H22F2N4O4Si/c1-30(2,3)7-6-28-12-24-19-13(9-23-24)8-14(10-22-19)29-11-15-16(20)4-5-17(18(15)21)25(26)27/h4-5,8-10H,6-7,11-12H2,1-3H3. The molecule has 2 aromatic heterocycles. The molecule has 3 aromatic rings. The van der Waals surface area contributed by atoms with Gasteiger partial charge in [0.15, 0.2) is 5.65 Å². The van der Waals surface area contributed by atoms with Gasteiger partial charge >= 0.3 is 5.69 Å². The summed E-state index contributed by atoms with van der Waals surface area (Å²) in [5, 5.41) is 15.7. The third kappa shape index (κ3) is 5.16. The second-order valence-electron chi connectivity index (χ2n) is 7.98. The normalized spacial score (nSPS) is 11.8. The zero-order chi connectivity index (χ0) is 21.9. The zero-order valence-electron chi connectivity index (χ0n) is 16.9. The van der Waals surface area contributed by atoms with E-state index in [-0.39, 0.29) is 12.5 Å². The predicted molar refractivity (Wildman–Crippen MR) is 109 cm³/mol. The Hall–Kier alpha value is -2.92. The SMILES string of the molecule is C[Si](C)(C)CCOCn1ncc2cc(OCc3c(F)ccc([N+](=O)[O-])c3F)cnc21. The van der Waals surface area contributed by atoms with Crippen LogP contribution in [0.4, 0.5) is 14.5 Å². The van der Waals surface area contributed by atoms with Crippen molar-refractivity contribution in [2.24, 2.45) is 0 Å². The van der Waals surface area contributed by atoms with Gasteiger partial charge in [0.05, 0.1) is 22.9 Å². The minimum atomic E-state index is -1.25. The lowest BCUT2D eigenvalue weighted by atomic mass is 10.2. The van der Waals surface area contributed by atoms with E-state index in [1.54, 1.807) is 16.9 Å². The lowest BCUT2D eigenvalue weighted by Gasteiger charge is -2.15. The third-order valence-corrected chi connectivity index (χ3v) is 6.11. The molecule has 0 unspecified atom stereocenters. The number of hydrogen-bond acceptors (Lipinski definition) is 6. The number of rotatable bonds is 9. The summed E-state index contributed by atoms with van der Waals surface area (Å²) in [6.07, 6.45) is 2.99. The lowest BCUT2D eigenvalue weighted by Crippen LogP contribution is -2.22. The Morgan fingerprint density at radius 1 is 1.23 bits per heavy atom. The highest BCUT2D eigenvalue weighted by Gasteiger charge is 2.22. The molecule has 0 aliphatic carbocycles. The van der Waals surface area contributed by atoms with Gasteiger partial charge < -0.3 is 9.47 Å². The molecule has 0 atom stereocenters. The van der Waals surface area contributed by atoms with Gasteiger partial charge in [0, 0.05) is 26.1 Å². The molecule has 2 heterocycles. The first-order chi connectivity index (χ1) is 14.2. The summed E-state index contributed by atoms with van der Waals surface area (Å²) < 4.78 is 40.8. The van der Waals surface area contributed by atoms with Crippen LogP contribution in [0.2, 0.25) is 25.7 Å². The predicted octanol–water partition coefficient (Wildman–Crippen LogP) is 4.51. The minimum Gasteiger partial charge on any atom is -0.487 e. The second-order valence-corrected chi connectivity index (χ2v) is 13.6. The van der Waals surface area contributed by atoms with Crippen LogP contribution in [0, 0.1) is 21.7 Å². The van der Waals surface area contributed by atoms with Crippen LogP contribution in [-0.2, 0) is 18.1 Å². The smallest absolute Gasteiger partial charge is 0.305 e. The maximum Gasteiger partial charge on any atom is 0.305 e. The van der Waals surface area contributed by atoms with Gasteiger partial charge in [-0.3, -0.25) is 10.1 Å². The average Bonchev–Trinajstić information content (AvgIpc) is 3.06. The van der Waals surface area contributed by atoms with Crippen LogP contribution in [0.15, 0.2) is 30.6 Å². The summed E-state index contributed by atoms with van der Waals surface area (Å²) in [6, 6.07) is 4.29. The van der Waals surface area contributed by atoms with Crippen molar-refractivity contribution in [3.63, 3.8) is 0 Å². The number of hydrogen-bond donors (Lipinski definition) is 0. The molecule has 0 N–H and O–H groups in total. The van der Waals surface area contributed by atoms with Crippen molar-refractivity contribution in [1.82, 2.24) is 14.8 Å². The first-order valence-electron chi connectivity index (χ1n) is 9.29. The molecule has 11 heteroatoms. The quantitative estimate of drug-likeness (QED) is 0.212. The first-order valence-corrected chi connectivity index (χ1v) is 13.0. The topological polar surface area (TPSA) is 92.3 Å². The van der Waals surface area contributed by atoms with E-state index < -0.39 is 42.5 Å². The van der Waals surface area contributed by atoms with E-state index >= 15 is 0 Å². The van der Waals surface area contributed by atoms with Crippen molar-refractivity contribution >= 4 is 24.8 Å². The molecule has 3 rings (SSSR count). The Kier molecular flexibility index (Phi) is 6.42. The van der Waals surface area contributed by atoms with Gasteiger partial charge in [0.1, 0.15) is 24.9 Å². The molecule has 30 heavy (non-hydrogen) atoms. The largest absolute Gasteiger partial charge is 0.487 e. The fraction of sp³-hybridized carbons (Fsp3) is 0.368. The Morgan fingerprint density at radius 3 is 2.70 bits per heavy atom.